The zero-order valence-corrected chi connectivity index (χ0v) is 11.2. The summed E-state index contributed by atoms with van der Waals surface area (Å²) in [5, 5.41) is 0. The van der Waals surface area contributed by atoms with Crippen LogP contribution in [0.3, 0.4) is 0 Å². The molecule has 2 bridgehead atoms. The van der Waals surface area contributed by atoms with E-state index in [2.05, 4.69) is 6.92 Å². The van der Waals surface area contributed by atoms with Gasteiger partial charge in [0.05, 0.1) is 0 Å². The van der Waals surface area contributed by atoms with Gasteiger partial charge in [-0.15, -0.1) is 0 Å². The van der Waals surface area contributed by atoms with Crippen LogP contribution in [0.2, 0.25) is 0 Å². The third-order valence-corrected chi connectivity index (χ3v) is 4.02. The smallest absolute Gasteiger partial charge is 0.194 e. The Bertz CT molecular complexity index is 258. The molecule has 0 N–H and O–H groups in total. The fourth-order valence-corrected chi connectivity index (χ4v) is 2.83. The first kappa shape index (κ1) is 13.3. The summed E-state index contributed by atoms with van der Waals surface area (Å²) in [6, 6.07) is 0. The fourth-order valence-electron chi connectivity index (χ4n) is 2.83. The largest absolute Gasteiger partial charge is 0.351 e. The van der Waals surface area contributed by atoms with E-state index in [1.54, 1.807) is 14.2 Å². The highest BCUT2D eigenvalue weighted by molar-refractivity contribution is 4.95. The van der Waals surface area contributed by atoms with Gasteiger partial charge >= 0.3 is 0 Å². The molecule has 2 aliphatic heterocycles. The Balaban J connectivity index is 2.00. The minimum Gasteiger partial charge on any atom is -0.351 e. The van der Waals surface area contributed by atoms with E-state index in [-0.39, 0.29) is 6.10 Å². The summed E-state index contributed by atoms with van der Waals surface area (Å²) in [7, 11) is 3.40. The number of methoxy groups -OCH3 is 2. The molecule has 0 spiro atoms. The lowest BCUT2D eigenvalue weighted by atomic mass is 10.00. The van der Waals surface area contributed by atoms with Crippen molar-refractivity contribution in [3.05, 3.63) is 0 Å². The number of fused-ring (bicyclic) bond motifs is 2. The van der Waals surface area contributed by atoms with Crippen LogP contribution in [0, 0.1) is 0 Å². The third kappa shape index (κ3) is 2.36. The van der Waals surface area contributed by atoms with Crippen LogP contribution in [0.25, 0.3) is 0 Å². The quantitative estimate of drug-likeness (QED) is 0.673. The van der Waals surface area contributed by atoms with E-state index in [1.807, 2.05) is 0 Å². The lowest BCUT2D eigenvalue weighted by Crippen LogP contribution is -2.55. The van der Waals surface area contributed by atoms with Crippen LogP contribution in [0.5, 0.6) is 0 Å². The van der Waals surface area contributed by atoms with Crippen molar-refractivity contribution in [3.63, 3.8) is 0 Å². The zero-order valence-electron chi connectivity index (χ0n) is 11.2. The van der Waals surface area contributed by atoms with Gasteiger partial charge < -0.3 is 18.9 Å². The van der Waals surface area contributed by atoms with Gasteiger partial charge in [-0.3, -0.25) is 0 Å². The van der Waals surface area contributed by atoms with Gasteiger partial charge in [0.2, 0.25) is 0 Å². The number of ether oxygens (including phenoxy) is 4. The molecule has 0 aliphatic carbocycles. The van der Waals surface area contributed by atoms with Crippen LogP contribution in [0.1, 0.15) is 45.4 Å². The molecular weight excluding hydrogens is 220 g/mol. The Morgan fingerprint density at radius 2 is 2.06 bits per heavy atom. The molecule has 0 aromatic carbocycles. The van der Waals surface area contributed by atoms with Crippen molar-refractivity contribution in [1.82, 2.24) is 0 Å². The first-order chi connectivity index (χ1) is 8.20. The summed E-state index contributed by atoms with van der Waals surface area (Å²) < 4.78 is 23.0. The SMILES string of the molecule is CCCCCC1(OC)OCC2(OC)CC[C@@H]1O2. The Labute approximate surface area is 104 Å². The van der Waals surface area contributed by atoms with Gasteiger partial charge in [0.25, 0.3) is 0 Å². The molecule has 0 radical (unpaired) electrons. The van der Waals surface area contributed by atoms with Crippen LogP contribution in [-0.4, -0.2) is 38.5 Å². The maximum atomic E-state index is 6.00. The highest BCUT2D eigenvalue weighted by Crippen LogP contribution is 2.45. The maximum Gasteiger partial charge on any atom is 0.194 e. The van der Waals surface area contributed by atoms with Crippen molar-refractivity contribution in [2.75, 3.05) is 20.8 Å². The Morgan fingerprint density at radius 1 is 1.24 bits per heavy atom. The highest BCUT2D eigenvalue weighted by Gasteiger charge is 2.56. The molecular formula is C13H24O4. The molecule has 2 unspecified atom stereocenters. The minimum atomic E-state index is -0.548. The van der Waals surface area contributed by atoms with Gasteiger partial charge in [0.15, 0.2) is 11.6 Å². The van der Waals surface area contributed by atoms with Crippen LogP contribution < -0.4 is 0 Å². The molecule has 2 fully saturated rings. The molecule has 3 atom stereocenters. The highest BCUT2D eigenvalue weighted by atomic mass is 16.8. The van der Waals surface area contributed by atoms with Crippen LogP contribution in [0.15, 0.2) is 0 Å². The van der Waals surface area contributed by atoms with Gasteiger partial charge in [-0.25, -0.2) is 0 Å². The number of rotatable bonds is 6. The standard InChI is InChI=1S/C13H24O4/c1-4-5-6-8-13(15-3)11-7-9-12(14-2,17-11)10-16-13/h11H,4-10H2,1-3H3/t11-,12?,13?/m0/s1. The van der Waals surface area contributed by atoms with E-state index in [1.165, 1.54) is 12.8 Å². The molecule has 0 aromatic heterocycles. The molecule has 2 aliphatic rings. The van der Waals surface area contributed by atoms with E-state index in [0.29, 0.717) is 6.61 Å². The Kier molecular flexibility index (Phi) is 4.08. The Morgan fingerprint density at radius 3 is 2.71 bits per heavy atom. The van der Waals surface area contributed by atoms with E-state index < -0.39 is 11.6 Å². The van der Waals surface area contributed by atoms with Crippen LogP contribution >= 0.6 is 0 Å². The maximum absolute atomic E-state index is 6.00. The monoisotopic (exact) mass is 244 g/mol. The van der Waals surface area contributed by atoms with E-state index in [4.69, 9.17) is 18.9 Å². The molecule has 2 heterocycles. The van der Waals surface area contributed by atoms with Crippen LogP contribution in [0.4, 0.5) is 0 Å². The molecule has 0 aromatic rings. The number of unbranched alkanes of at least 4 members (excludes halogenated alkanes) is 2. The average molecular weight is 244 g/mol. The van der Waals surface area contributed by atoms with Gasteiger partial charge in [0.1, 0.15) is 12.7 Å². The second kappa shape index (κ2) is 5.22. The summed E-state index contributed by atoms with van der Waals surface area (Å²) in [5.41, 5.74) is 0. The predicted molar refractivity (Wildman–Crippen MR) is 63.7 cm³/mol. The third-order valence-electron chi connectivity index (χ3n) is 4.02. The summed E-state index contributed by atoms with van der Waals surface area (Å²) in [6.07, 6.45) is 6.29. The molecule has 0 amide bonds. The predicted octanol–water partition coefficient (Wildman–Crippen LogP) is 2.46. The topological polar surface area (TPSA) is 36.9 Å². The fraction of sp³-hybridized carbons (Fsp3) is 1.00. The summed E-state index contributed by atoms with van der Waals surface area (Å²) >= 11 is 0. The van der Waals surface area contributed by atoms with Gasteiger partial charge in [0, 0.05) is 27.1 Å². The summed E-state index contributed by atoms with van der Waals surface area (Å²) in [4.78, 5) is 0. The van der Waals surface area contributed by atoms with Crippen LogP contribution in [-0.2, 0) is 18.9 Å². The molecule has 0 saturated carbocycles. The van der Waals surface area contributed by atoms with Crippen molar-refractivity contribution in [1.29, 1.82) is 0 Å². The molecule has 2 rings (SSSR count). The van der Waals surface area contributed by atoms with Crippen molar-refractivity contribution >= 4 is 0 Å². The second-order valence-corrected chi connectivity index (χ2v) is 5.02. The minimum absolute atomic E-state index is 0.0121. The van der Waals surface area contributed by atoms with Gasteiger partial charge in [-0.05, 0) is 12.8 Å². The van der Waals surface area contributed by atoms with Gasteiger partial charge in [-0.2, -0.15) is 0 Å². The second-order valence-electron chi connectivity index (χ2n) is 5.02. The van der Waals surface area contributed by atoms with Crippen molar-refractivity contribution in [2.24, 2.45) is 0 Å². The van der Waals surface area contributed by atoms with E-state index >= 15 is 0 Å². The van der Waals surface area contributed by atoms with Crippen molar-refractivity contribution in [3.8, 4) is 0 Å². The lowest BCUT2D eigenvalue weighted by molar-refractivity contribution is -0.382. The number of hydrogen-bond donors (Lipinski definition) is 0. The summed E-state index contributed by atoms with van der Waals surface area (Å²) in [6.45, 7) is 2.67. The molecule has 4 nitrogen and oxygen atoms in total. The van der Waals surface area contributed by atoms with E-state index in [9.17, 15) is 0 Å². The lowest BCUT2D eigenvalue weighted by Gasteiger charge is -2.44. The number of hydrogen-bond acceptors (Lipinski definition) is 4. The van der Waals surface area contributed by atoms with E-state index in [0.717, 1.165) is 25.7 Å². The average Bonchev–Trinajstić information content (AvgIpc) is 2.74. The first-order valence-electron chi connectivity index (χ1n) is 6.62. The first-order valence-corrected chi connectivity index (χ1v) is 6.62. The van der Waals surface area contributed by atoms with Gasteiger partial charge in [-0.1, -0.05) is 19.8 Å². The van der Waals surface area contributed by atoms with Crippen molar-refractivity contribution < 1.29 is 18.9 Å². The molecule has 17 heavy (non-hydrogen) atoms. The molecule has 4 heteroatoms. The summed E-state index contributed by atoms with van der Waals surface area (Å²) in [5.74, 6) is -1.06. The normalized spacial score (nSPS) is 40.8. The van der Waals surface area contributed by atoms with Crippen molar-refractivity contribution in [2.45, 2.75) is 63.1 Å². The zero-order chi connectivity index (χ0) is 12.4. The Hall–Kier alpha value is -0.160. The molecule has 100 valence electrons. The molecule has 2 saturated heterocycles.